The monoisotopic (exact) mass is 232 g/mol. The first-order valence-corrected chi connectivity index (χ1v) is 5.15. The van der Waals surface area contributed by atoms with Crippen LogP contribution in [0.3, 0.4) is 0 Å². The number of aromatic nitrogens is 3. The SMILES string of the molecule is Cc1cnc(Cn2ccnc2)c(C)c1[N+](=O)[O-]. The molecule has 17 heavy (non-hydrogen) atoms. The third kappa shape index (κ3) is 2.15. The van der Waals surface area contributed by atoms with Crippen molar-refractivity contribution in [3.8, 4) is 0 Å². The van der Waals surface area contributed by atoms with E-state index in [1.807, 2.05) is 4.57 Å². The van der Waals surface area contributed by atoms with Gasteiger partial charge in [0.25, 0.3) is 5.69 Å². The number of nitrogens with zero attached hydrogens (tertiary/aromatic N) is 4. The molecule has 2 aromatic rings. The fraction of sp³-hybridized carbons (Fsp3) is 0.273. The molecule has 0 radical (unpaired) electrons. The van der Waals surface area contributed by atoms with Gasteiger partial charge < -0.3 is 4.57 Å². The Morgan fingerprint density at radius 2 is 2.24 bits per heavy atom. The molecule has 0 unspecified atom stereocenters. The molecule has 0 saturated carbocycles. The Morgan fingerprint density at radius 3 is 2.82 bits per heavy atom. The minimum Gasteiger partial charge on any atom is -0.331 e. The van der Waals surface area contributed by atoms with Crippen LogP contribution in [0.1, 0.15) is 16.8 Å². The molecule has 6 nitrogen and oxygen atoms in total. The van der Waals surface area contributed by atoms with E-state index in [0.29, 0.717) is 23.4 Å². The van der Waals surface area contributed by atoms with Crippen molar-refractivity contribution in [1.82, 2.24) is 14.5 Å². The van der Waals surface area contributed by atoms with Gasteiger partial charge in [0.05, 0.1) is 29.1 Å². The van der Waals surface area contributed by atoms with Gasteiger partial charge in [0.2, 0.25) is 0 Å². The van der Waals surface area contributed by atoms with Crippen LogP contribution in [0.15, 0.2) is 24.9 Å². The number of hydrogen-bond donors (Lipinski definition) is 0. The number of pyridine rings is 1. The third-order valence-corrected chi connectivity index (χ3v) is 2.65. The highest BCUT2D eigenvalue weighted by molar-refractivity contribution is 5.47. The standard InChI is InChI=1S/C11H12N4O2/c1-8-5-13-10(6-14-4-3-12-7-14)9(2)11(8)15(16)17/h3-5,7H,6H2,1-2H3. The highest BCUT2D eigenvalue weighted by atomic mass is 16.6. The fourth-order valence-corrected chi connectivity index (χ4v) is 1.76. The van der Waals surface area contributed by atoms with E-state index < -0.39 is 0 Å². The van der Waals surface area contributed by atoms with E-state index in [9.17, 15) is 10.1 Å². The second-order valence-electron chi connectivity index (χ2n) is 3.85. The van der Waals surface area contributed by atoms with Crippen molar-refractivity contribution in [3.63, 3.8) is 0 Å². The summed E-state index contributed by atoms with van der Waals surface area (Å²) in [5, 5.41) is 11.0. The predicted molar refractivity (Wildman–Crippen MR) is 61.7 cm³/mol. The zero-order chi connectivity index (χ0) is 12.4. The fourth-order valence-electron chi connectivity index (χ4n) is 1.76. The van der Waals surface area contributed by atoms with E-state index in [0.717, 1.165) is 0 Å². The number of hydrogen-bond acceptors (Lipinski definition) is 4. The first-order valence-electron chi connectivity index (χ1n) is 5.15. The van der Waals surface area contributed by atoms with Gasteiger partial charge in [-0.15, -0.1) is 0 Å². The molecular weight excluding hydrogens is 220 g/mol. The number of imidazole rings is 1. The molecule has 2 aromatic heterocycles. The van der Waals surface area contributed by atoms with Crippen LogP contribution >= 0.6 is 0 Å². The van der Waals surface area contributed by atoms with Crippen LogP contribution in [0.25, 0.3) is 0 Å². The predicted octanol–water partition coefficient (Wildman–Crippen LogP) is 1.85. The summed E-state index contributed by atoms with van der Waals surface area (Å²) in [5.74, 6) is 0. The van der Waals surface area contributed by atoms with Crippen LogP contribution < -0.4 is 0 Å². The zero-order valence-corrected chi connectivity index (χ0v) is 9.62. The second kappa shape index (κ2) is 4.32. The maximum absolute atomic E-state index is 11.0. The number of nitro groups is 1. The largest absolute Gasteiger partial charge is 0.331 e. The molecule has 6 heteroatoms. The first kappa shape index (κ1) is 11.3. The second-order valence-corrected chi connectivity index (χ2v) is 3.85. The number of rotatable bonds is 3. The lowest BCUT2D eigenvalue weighted by molar-refractivity contribution is -0.386. The molecule has 0 aliphatic carbocycles. The highest BCUT2D eigenvalue weighted by Gasteiger charge is 2.18. The Labute approximate surface area is 98.1 Å². The van der Waals surface area contributed by atoms with E-state index >= 15 is 0 Å². The Morgan fingerprint density at radius 1 is 1.47 bits per heavy atom. The summed E-state index contributed by atoms with van der Waals surface area (Å²) in [5.41, 5.74) is 2.04. The maximum atomic E-state index is 11.0. The minimum absolute atomic E-state index is 0.148. The summed E-state index contributed by atoms with van der Waals surface area (Å²) in [6.45, 7) is 3.91. The molecule has 0 aliphatic heterocycles. The first-order chi connectivity index (χ1) is 8.09. The Hall–Kier alpha value is -2.24. The van der Waals surface area contributed by atoms with Gasteiger partial charge in [-0.25, -0.2) is 4.98 Å². The summed E-state index contributed by atoms with van der Waals surface area (Å²) in [4.78, 5) is 18.8. The molecule has 0 spiro atoms. The summed E-state index contributed by atoms with van der Waals surface area (Å²) in [7, 11) is 0. The quantitative estimate of drug-likeness (QED) is 0.598. The van der Waals surface area contributed by atoms with Crippen LogP contribution in [0.4, 0.5) is 5.69 Å². The molecule has 0 amide bonds. The molecule has 2 rings (SSSR count). The van der Waals surface area contributed by atoms with Gasteiger partial charge in [-0.3, -0.25) is 15.1 Å². The van der Waals surface area contributed by atoms with Crippen molar-refractivity contribution in [1.29, 1.82) is 0 Å². The Bertz CT molecular complexity index is 549. The van der Waals surface area contributed by atoms with Crippen LogP contribution in [0, 0.1) is 24.0 Å². The van der Waals surface area contributed by atoms with Crippen LogP contribution in [-0.2, 0) is 6.54 Å². The van der Waals surface area contributed by atoms with Gasteiger partial charge in [0.1, 0.15) is 0 Å². The average molecular weight is 232 g/mol. The van der Waals surface area contributed by atoms with Gasteiger partial charge >= 0.3 is 0 Å². The Kier molecular flexibility index (Phi) is 2.86. The van der Waals surface area contributed by atoms with Crippen LogP contribution in [-0.4, -0.2) is 19.5 Å². The molecule has 2 heterocycles. The van der Waals surface area contributed by atoms with Crippen molar-refractivity contribution < 1.29 is 4.92 Å². The lowest BCUT2D eigenvalue weighted by Crippen LogP contribution is -2.06. The Balaban J connectivity index is 2.42. The summed E-state index contributed by atoms with van der Waals surface area (Å²) in [6, 6.07) is 0. The summed E-state index contributed by atoms with van der Waals surface area (Å²) >= 11 is 0. The maximum Gasteiger partial charge on any atom is 0.278 e. The van der Waals surface area contributed by atoms with Crippen LogP contribution in [0.5, 0.6) is 0 Å². The highest BCUT2D eigenvalue weighted by Crippen LogP contribution is 2.24. The van der Waals surface area contributed by atoms with E-state index in [1.54, 1.807) is 32.6 Å². The smallest absolute Gasteiger partial charge is 0.278 e. The molecule has 0 atom stereocenters. The average Bonchev–Trinajstić information content (AvgIpc) is 2.74. The van der Waals surface area contributed by atoms with Gasteiger partial charge in [-0.05, 0) is 13.8 Å². The van der Waals surface area contributed by atoms with E-state index in [4.69, 9.17) is 0 Å². The summed E-state index contributed by atoms with van der Waals surface area (Å²) in [6.07, 6.45) is 6.66. The zero-order valence-electron chi connectivity index (χ0n) is 9.62. The molecular formula is C11H12N4O2. The molecule has 0 fully saturated rings. The van der Waals surface area contributed by atoms with Crippen molar-refractivity contribution in [2.24, 2.45) is 0 Å². The lowest BCUT2D eigenvalue weighted by Gasteiger charge is -2.07. The van der Waals surface area contributed by atoms with Gasteiger partial charge in [0, 0.05) is 24.2 Å². The van der Waals surface area contributed by atoms with Gasteiger partial charge in [-0.2, -0.15) is 0 Å². The van der Waals surface area contributed by atoms with Crippen molar-refractivity contribution in [3.05, 3.63) is 51.9 Å². The molecule has 0 saturated heterocycles. The molecule has 0 bridgehead atoms. The summed E-state index contributed by atoms with van der Waals surface area (Å²) < 4.78 is 1.83. The van der Waals surface area contributed by atoms with Crippen LogP contribution in [0.2, 0.25) is 0 Å². The van der Waals surface area contributed by atoms with E-state index in [1.165, 1.54) is 6.20 Å². The van der Waals surface area contributed by atoms with Gasteiger partial charge in [-0.1, -0.05) is 0 Å². The molecule has 0 aromatic carbocycles. The normalized spacial score (nSPS) is 10.5. The molecule has 0 aliphatic rings. The minimum atomic E-state index is -0.357. The molecule has 88 valence electrons. The topological polar surface area (TPSA) is 73.8 Å². The van der Waals surface area contributed by atoms with Crippen molar-refractivity contribution in [2.45, 2.75) is 20.4 Å². The number of aryl methyl sites for hydroxylation is 1. The van der Waals surface area contributed by atoms with Gasteiger partial charge in [0.15, 0.2) is 0 Å². The van der Waals surface area contributed by atoms with E-state index in [-0.39, 0.29) is 10.6 Å². The van der Waals surface area contributed by atoms with E-state index in [2.05, 4.69) is 9.97 Å². The van der Waals surface area contributed by atoms with Crippen molar-refractivity contribution >= 4 is 5.69 Å². The molecule has 0 N–H and O–H groups in total. The third-order valence-electron chi connectivity index (χ3n) is 2.65. The van der Waals surface area contributed by atoms with Crippen molar-refractivity contribution in [2.75, 3.05) is 0 Å². The lowest BCUT2D eigenvalue weighted by atomic mass is 10.1.